The summed E-state index contributed by atoms with van der Waals surface area (Å²) in [6.07, 6.45) is -2.54. The SMILES string of the molecule is CN(Cc1ccc(-c2ccc(C(F)(F)F)cc2)cc1)C(=O)Cn1c(CCc2cccc(F)c2F)cc(=O)c2ccc(OCc3ccccn3)cc21.Cl. The van der Waals surface area contributed by atoms with Crippen LogP contribution in [0.1, 0.15) is 28.1 Å². The van der Waals surface area contributed by atoms with Crippen LogP contribution in [0.15, 0.2) is 120 Å². The van der Waals surface area contributed by atoms with Crippen molar-refractivity contribution >= 4 is 29.2 Å². The zero-order chi connectivity index (χ0) is 36.1. The van der Waals surface area contributed by atoms with Gasteiger partial charge in [0.15, 0.2) is 17.1 Å². The molecular weight excluding hydrogens is 701 g/mol. The van der Waals surface area contributed by atoms with Gasteiger partial charge in [0.05, 0.1) is 16.8 Å². The van der Waals surface area contributed by atoms with Crippen LogP contribution < -0.4 is 10.2 Å². The molecule has 0 saturated heterocycles. The number of amides is 1. The number of carbonyl (C=O) groups is 1. The molecular formula is C40H33ClF5N3O3. The Morgan fingerprint density at radius 2 is 1.56 bits per heavy atom. The van der Waals surface area contributed by atoms with E-state index in [2.05, 4.69) is 4.98 Å². The van der Waals surface area contributed by atoms with Crippen molar-refractivity contribution in [2.75, 3.05) is 7.05 Å². The van der Waals surface area contributed by atoms with Gasteiger partial charge in [0.2, 0.25) is 5.91 Å². The number of aromatic nitrogens is 2. The minimum atomic E-state index is -4.42. The van der Waals surface area contributed by atoms with Gasteiger partial charge < -0.3 is 14.2 Å². The summed E-state index contributed by atoms with van der Waals surface area (Å²) in [7, 11) is 1.64. The van der Waals surface area contributed by atoms with E-state index in [0.29, 0.717) is 33.6 Å². The summed E-state index contributed by atoms with van der Waals surface area (Å²) < 4.78 is 75.1. The Morgan fingerprint density at radius 1 is 0.846 bits per heavy atom. The smallest absolute Gasteiger partial charge is 0.416 e. The second kappa shape index (κ2) is 16.2. The molecule has 2 heterocycles. The van der Waals surface area contributed by atoms with Crippen LogP contribution in [-0.2, 0) is 43.5 Å². The molecule has 0 radical (unpaired) electrons. The quantitative estimate of drug-likeness (QED) is 0.125. The van der Waals surface area contributed by atoms with Crippen LogP contribution >= 0.6 is 12.4 Å². The number of carbonyl (C=O) groups excluding carboxylic acids is 1. The molecule has 0 unspecified atom stereocenters. The molecule has 6 nitrogen and oxygen atoms in total. The molecule has 4 aromatic carbocycles. The number of pyridine rings is 2. The number of likely N-dealkylation sites (N-methyl/N-ethyl adjacent to an activating group) is 1. The predicted molar refractivity (Wildman–Crippen MR) is 191 cm³/mol. The molecule has 0 bridgehead atoms. The van der Waals surface area contributed by atoms with Crippen LogP contribution in [0.4, 0.5) is 22.0 Å². The second-order valence-corrected chi connectivity index (χ2v) is 12.1. The molecule has 0 saturated carbocycles. The molecule has 0 aliphatic carbocycles. The zero-order valence-corrected chi connectivity index (χ0v) is 28.7. The van der Waals surface area contributed by atoms with Crippen molar-refractivity contribution < 1.29 is 31.5 Å². The Kier molecular flexibility index (Phi) is 11.7. The minimum absolute atomic E-state index is 0. The van der Waals surface area contributed by atoms with E-state index in [9.17, 15) is 31.5 Å². The largest absolute Gasteiger partial charge is 0.487 e. The van der Waals surface area contributed by atoms with Gasteiger partial charge in [0.1, 0.15) is 18.9 Å². The Hall–Kier alpha value is -5.55. The van der Waals surface area contributed by atoms with Gasteiger partial charge in [0.25, 0.3) is 0 Å². The summed E-state index contributed by atoms with van der Waals surface area (Å²) in [6, 6.07) is 27.8. The maximum Gasteiger partial charge on any atom is 0.416 e. The number of aryl methyl sites for hydroxylation is 2. The number of fused-ring (bicyclic) bond motifs is 1. The number of ether oxygens (including phenoxy) is 1. The third kappa shape index (κ3) is 8.84. The molecule has 0 aliphatic heterocycles. The average Bonchev–Trinajstić information content (AvgIpc) is 3.13. The Bertz CT molecular complexity index is 2230. The van der Waals surface area contributed by atoms with Crippen molar-refractivity contribution in [3.8, 4) is 16.9 Å². The maximum atomic E-state index is 14.6. The highest BCUT2D eigenvalue weighted by Crippen LogP contribution is 2.31. The first kappa shape index (κ1) is 37.7. The lowest BCUT2D eigenvalue weighted by Crippen LogP contribution is -2.31. The lowest BCUT2D eigenvalue weighted by molar-refractivity contribution is -0.137. The third-order valence-electron chi connectivity index (χ3n) is 8.60. The van der Waals surface area contributed by atoms with Crippen molar-refractivity contribution in [1.82, 2.24) is 14.5 Å². The lowest BCUT2D eigenvalue weighted by atomic mass is 10.0. The summed E-state index contributed by atoms with van der Waals surface area (Å²) in [6.45, 7) is 0.239. The maximum absolute atomic E-state index is 14.6. The van der Waals surface area contributed by atoms with E-state index in [1.165, 1.54) is 35.2 Å². The van der Waals surface area contributed by atoms with Crippen molar-refractivity contribution in [3.05, 3.63) is 165 Å². The molecule has 0 N–H and O–H groups in total. The number of hydrogen-bond donors (Lipinski definition) is 0. The van der Waals surface area contributed by atoms with E-state index in [1.807, 2.05) is 12.1 Å². The normalized spacial score (nSPS) is 11.3. The zero-order valence-electron chi connectivity index (χ0n) is 27.9. The Balaban J connectivity index is 0.00000523. The van der Waals surface area contributed by atoms with Gasteiger partial charge in [-0.25, -0.2) is 8.78 Å². The van der Waals surface area contributed by atoms with Crippen LogP contribution in [0.3, 0.4) is 0 Å². The summed E-state index contributed by atoms with van der Waals surface area (Å²) >= 11 is 0. The number of benzene rings is 4. The average molecular weight is 734 g/mol. The number of halogens is 6. The summed E-state index contributed by atoms with van der Waals surface area (Å²) in [5.74, 6) is -1.77. The number of rotatable bonds is 11. The molecule has 0 spiro atoms. The monoisotopic (exact) mass is 733 g/mol. The molecule has 52 heavy (non-hydrogen) atoms. The number of hydrogen-bond acceptors (Lipinski definition) is 4. The molecule has 2 aromatic heterocycles. The molecule has 0 atom stereocenters. The van der Waals surface area contributed by atoms with Crippen LogP contribution in [0.2, 0.25) is 0 Å². The van der Waals surface area contributed by atoms with E-state index >= 15 is 0 Å². The summed E-state index contributed by atoms with van der Waals surface area (Å²) in [4.78, 5) is 32.8. The van der Waals surface area contributed by atoms with Crippen molar-refractivity contribution in [3.63, 3.8) is 0 Å². The van der Waals surface area contributed by atoms with Gasteiger partial charge in [-0.15, -0.1) is 12.4 Å². The van der Waals surface area contributed by atoms with Gasteiger partial charge in [-0.2, -0.15) is 13.2 Å². The van der Waals surface area contributed by atoms with Gasteiger partial charge in [-0.1, -0.05) is 54.6 Å². The first-order valence-electron chi connectivity index (χ1n) is 16.1. The van der Waals surface area contributed by atoms with Gasteiger partial charge in [-0.05, 0) is 77.6 Å². The summed E-state index contributed by atoms with van der Waals surface area (Å²) in [5.41, 5.74) is 2.86. The molecule has 0 aliphatic rings. The van der Waals surface area contributed by atoms with Crippen LogP contribution in [0.25, 0.3) is 22.0 Å². The first-order chi connectivity index (χ1) is 24.5. The van der Waals surface area contributed by atoms with E-state index in [-0.39, 0.29) is 61.8 Å². The fourth-order valence-corrected chi connectivity index (χ4v) is 5.81. The van der Waals surface area contributed by atoms with Crippen LogP contribution in [-0.4, -0.2) is 27.4 Å². The second-order valence-electron chi connectivity index (χ2n) is 12.1. The van der Waals surface area contributed by atoms with Crippen molar-refractivity contribution in [2.45, 2.75) is 38.7 Å². The molecule has 6 rings (SSSR count). The van der Waals surface area contributed by atoms with E-state index in [4.69, 9.17) is 4.74 Å². The molecule has 268 valence electrons. The highest BCUT2D eigenvalue weighted by atomic mass is 35.5. The lowest BCUT2D eigenvalue weighted by Gasteiger charge is -2.22. The fraction of sp³-hybridized carbons (Fsp3) is 0.175. The van der Waals surface area contributed by atoms with Gasteiger partial charge >= 0.3 is 6.18 Å². The molecule has 0 fully saturated rings. The minimum Gasteiger partial charge on any atom is -0.487 e. The van der Waals surface area contributed by atoms with E-state index in [0.717, 1.165) is 29.3 Å². The van der Waals surface area contributed by atoms with Gasteiger partial charge in [-0.3, -0.25) is 14.6 Å². The summed E-state index contributed by atoms with van der Waals surface area (Å²) in [5, 5.41) is 0.357. The molecule has 12 heteroatoms. The van der Waals surface area contributed by atoms with E-state index < -0.39 is 23.4 Å². The molecule has 6 aromatic rings. The Morgan fingerprint density at radius 3 is 2.23 bits per heavy atom. The van der Waals surface area contributed by atoms with Crippen LogP contribution in [0, 0.1) is 11.6 Å². The Labute approximate surface area is 302 Å². The van der Waals surface area contributed by atoms with Crippen molar-refractivity contribution in [1.29, 1.82) is 0 Å². The first-order valence-corrected chi connectivity index (χ1v) is 16.1. The number of alkyl halides is 3. The standard InChI is InChI=1S/C40H32F5N3O3.ClH/c1-47(23-26-8-10-27(11-9-26)28-12-15-30(16-13-28)40(43,44)45)38(50)24-48-32(17-14-29-5-4-7-35(41)39(29)42)21-37(49)34-19-18-33(22-36(34)48)51-25-31-6-2-3-20-46-31;/h2-13,15-16,18-22H,14,17,23-25H2,1H3;1H. The fourth-order valence-electron chi connectivity index (χ4n) is 5.81. The van der Waals surface area contributed by atoms with Crippen LogP contribution in [0.5, 0.6) is 5.75 Å². The topological polar surface area (TPSA) is 64.4 Å². The number of nitrogens with zero attached hydrogens (tertiary/aromatic N) is 3. The highest BCUT2D eigenvalue weighted by Gasteiger charge is 2.30. The predicted octanol–water partition coefficient (Wildman–Crippen LogP) is 8.81. The third-order valence-corrected chi connectivity index (χ3v) is 8.60. The van der Waals surface area contributed by atoms with Crippen molar-refractivity contribution in [2.24, 2.45) is 0 Å². The van der Waals surface area contributed by atoms with Gasteiger partial charge in [0, 0.05) is 43.0 Å². The molecule has 1 amide bonds. The van der Waals surface area contributed by atoms with E-state index in [1.54, 1.807) is 66.3 Å². The highest BCUT2D eigenvalue weighted by molar-refractivity contribution is 5.85.